The Morgan fingerprint density at radius 3 is 2.30 bits per heavy atom. The zero-order valence-corrected chi connectivity index (χ0v) is 7.01. The molecule has 10 heavy (non-hydrogen) atoms. The number of nitrogens with zero attached hydrogens (tertiary/aromatic N) is 3. The molecule has 1 aliphatic rings. The van der Waals surface area contributed by atoms with Crippen molar-refractivity contribution in [1.29, 1.82) is 0 Å². The van der Waals surface area contributed by atoms with E-state index in [1.807, 2.05) is 23.9 Å². The lowest BCUT2D eigenvalue weighted by Gasteiger charge is -2.13. The molecule has 0 N–H and O–H groups in total. The van der Waals surface area contributed by atoms with E-state index in [1.54, 1.807) is 0 Å². The van der Waals surface area contributed by atoms with Gasteiger partial charge in [-0.2, -0.15) is 4.76 Å². The molecule has 0 aromatic carbocycles. The summed E-state index contributed by atoms with van der Waals surface area (Å²) in [6.45, 7) is 1.93. The van der Waals surface area contributed by atoms with Gasteiger partial charge in [0.15, 0.2) is 0 Å². The van der Waals surface area contributed by atoms with E-state index in [4.69, 9.17) is 0 Å². The first-order valence-electron chi connectivity index (χ1n) is 3.08. The van der Waals surface area contributed by atoms with Crippen LogP contribution in [0.25, 0.3) is 0 Å². The van der Waals surface area contributed by atoms with Crippen LogP contribution in [0, 0.1) is 0 Å². The molecule has 0 amide bonds. The first-order valence-corrected chi connectivity index (χ1v) is 3.85. The predicted octanol–water partition coefficient (Wildman–Crippen LogP) is 0.426. The van der Waals surface area contributed by atoms with E-state index in [0.717, 1.165) is 19.0 Å². The molecule has 56 valence electrons. The molecule has 0 aliphatic carbocycles. The summed E-state index contributed by atoms with van der Waals surface area (Å²) in [5.74, 6) is 0.802. The third-order valence-corrected chi connectivity index (χ3v) is 1.84. The van der Waals surface area contributed by atoms with Crippen molar-refractivity contribution in [2.75, 3.05) is 27.2 Å². The van der Waals surface area contributed by atoms with Gasteiger partial charge in [-0.05, 0) is 0 Å². The van der Waals surface area contributed by atoms with E-state index in [0.29, 0.717) is 0 Å². The summed E-state index contributed by atoms with van der Waals surface area (Å²) >= 11 is 0. The van der Waals surface area contributed by atoms with Crippen LogP contribution < -0.4 is 0 Å². The highest BCUT2D eigenvalue weighted by atomic mass is 31.1. The predicted molar refractivity (Wildman–Crippen MR) is 40.3 cm³/mol. The average molecular weight is 159 g/mol. The fourth-order valence-electron chi connectivity index (χ4n) is 0.981. The van der Waals surface area contributed by atoms with Crippen LogP contribution in [0.2, 0.25) is 0 Å². The first-order chi connectivity index (χ1) is 4.75. The summed E-state index contributed by atoms with van der Waals surface area (Å²) in [7, 11) is 3.72. The van der Waals surface area contributed by atoms with Gasteiger partial charge in [0, 0.05) is 27.2 Å². The number of hydrogen-bond acceptors (Lipinski definition) is 1. The smallest absolute Gasteiger partial charge is 0.306 e. The van der Waals surface area contributed by atoms with E-state index in [9.17, 15) is 4.57 Å². The van der Waals surface area contributed by atoms with Crippen molar-refractivity contribution in [2.45, 2.75) is 0 Å². The highest BCUT2D eigenvalue weighted by Gasteiger charge is 2.18. The number of likely N-dealkylation sites (N-methyl/N-ethyl adjacent to an activating group) is 2. The van der Waals surface area contributed by atoms with Gasteiger partial charge in [0.2, 0.25) is 5.96 Å². The van der Waals surface area contributed by atoms with Crippen molar-refractivity contribution < 1.29 is 4.57 Å². The molecule has 0 aromatic rings. The van der Waals surface area contributed by atoms with Crippen molar-refractivity contribution >= 4 is 14.6 Å². The third-order valence-electron chi connectivity index (χ3n) is 1.58. The van der Waals surface area contributed by atoms with E-state index in [-0.39, 0.29) is 8.61 Å². The Bertz CT molecular complexity index is 158. The average Bonchev–Trinajstić information content (AvgIpc) is 2.20. The number of guanidine groups is 1. The minimum Gasteiger partial charge on any atom is -0.343 e. The molecule has 1 aliphatic heterocycles. The normalized spacial score (nSPS) is 18.8. The molecule has 0 saturated carbocycles. The lowest BCUT2D eigenvalue weighted by atomic mass is 10.6. The van der Waals surface area contributed by atoms with E-state index in [1.165, 1.54) is 0 Å². The Hall–Kier alpha value is -0.630. The van der Waals surface area contributed by atoms with Crippen molar-refractivity contribution in [3.63, 3.8) is 0 Å². The van der Waals surface area contributed by atoms with Crippen LogP contribution in [-0.4, -0.2) is 42.9 Å². The van der Waals surface area contributed by atoms with Crippen LogP contribution in [-0.2, 0) is 4.57 Å². The summed E-state index contributed by atoms with van der Waals surface area (Å²) < 4.78 is 13.9. The molecule has 0 bridgehead atoms. The van der Waals surface area contributed by atoms with E-state index < -0.39 is 0 Å². The standard InChI is InChI=1S/C5H10N3OP/c1-7-3-4-8(2)5(7)6-10-9/h3-4H2,1-2H3. The minimum absolute atomic E-state index is 0.160. The molecule has 0 radical (unpaired) electrons. The highest BCUT2D eigenvalue weighted by molar-refractivity contribution is 7.22. The maximum absolute atomic E-state index is 10.1. The summed E-state index contributed by atoms with van der Waals surface area (Å²) in [6.07, 6.45) is 0. The zero-order valence-electron chi connectivity index (χ0n) is 6.11. The highest BCUT2D eigenvalue weighted by Crippen LogP contribution is 2.07. The maximum Gasteiger partial charge on any atom is 0.306 e. The topological polar surface area (TPSA) is 35.9 Å². The Kier molecular flexibility index (Phi) is 2.22. The van der Waals surface area contributed by atoms with Crippen LogP contribution >= 0.6 is 8.61 Å². The number of hydrogen-bond donors (Lipinski definition) is 0. The van der Waals surface area contributed by atoms with Crippen LogP contribution in [0.15, 0.2) is 4.76 Å². The quantitative estimate of drug-likeness (QED) is 0.520. The molecule has 1 fully saturated rings. The molecular formula is C5H10N3OP. The van der Waals surface area contributed by atoms with Crippen molar-refractivity contribution in [3.05, 3.63) is 0 Å². The molecule has 1 saturated heterocycles. The van der Waals surface area contributed by atoms with Crippen molar-refractivity contribution in [3.8, 4) is 0 Å². The fraction of sp³-hybridized carbons (Fsp3) is 0.800. The second-order valence-electron chi connectivity index (χ2n) is 2.32. The van der Waals surface area contributed by atoms with E-state index >= 15 is 0 Å². The zero-order chi connectivity index (χ0) is 7.56. The van der Waals surface area contributed by atoms with Gasteiger partial charge in [0.1, 0.15) is 0 Å². The summed E-state index contributed by atoms with van der Waals surface area (Å²) in [5.41, 5.74) is 0. The van der Waals surface area contributed by atoms with Gasteiger partial charge in [-0.25, -0.2) is 4.57 Å². The lowest BCUT2D eigenvalue weighted by molar-refractivity contribution is 0.553. The Morgan fingerprint density at radius 2 is 1.90 bits per heavy atom. The molecule has 5 heteroatoms. The van der Waals surface area contributed by atoms with Gasteiger partial charge in [-0.15, -0.1) is 0 Å². The number of rotatable bonds is 1. The lowest BCUT2D eigenvalue weighted by Crippen LogP contribution is -2.27. The molecule has 0 unspecified atom stereocenters. The van der Waals surface area contributed by atoms with Gasteiger partial charge in [0.05, 0.1) is 0 Å². The largest absolute Gasteiger partial charge is 0.343 e. The fourth-order valence-corrected chi connectivity index (χ4v) is 1.36. The summed E-state index contributed by atoms with van der Waals surface area (Å²) in [5, 5.41) is 0. The third kappa shape index (κ3) is 1.27. The van der Waals surface area contributed by atoms with Gasteiger partial charge < -0.3 is 9.80 Å². The van der Waals surface area contributed by atoms with Gasteiger partial charge in [0.25, 0.3) is 0 Å². The van der Waals surface area contributed by atoms with Crippen molar-refractivity contribution in [2.24, 2.45) is 4.76 Å². The van der Waals surface area contributed by atoms with Crippen LogP contribution in [0.3, 0.4) is 0 Å². The van der Waals surface area contributed by atoms with Gasteiger partial charge in [-0.1, -0.05) is 0 Å². The second kappa shape index (κ2) is 2.97. The van der Waals surface area contributed by atoms with Crippen LogP contribution in [0.5, 0.6) is 0 Å². The second-order valence-corrected chi connectivity index (χ2v) is 2.69. The van der Waals surface area contributed by atoms with E-state index in [2.05, 4.69) is 4.76 Å². The van der Waals surface area contributed by atoms with Crippen molar-refractivity contribution in [1.82, 2.24) is 9.80 Å². The molecule has 1 heterocycles. The SMILES string of the molecule is CN1CCN(C)C1=NP=O. The summed E-state index contributed by atoms with van der Waals surface area (Å²) in [4.78, 5) is 3.95. The molecular weight excluding hydrogens is 149 g/mol. The molecule has 0 spiro atoms. The first kappa shape index (κ1) is 7.48. The van der Waals surface area contributed by atoms with Gasteiger partial charge >= 0.3 is 8.61 Å². The molecule has 1 rings (SSSR count). The Labute approximate surface area is 61.8 Å². The Balaban J connectivity index is 2.71. The van der Waals surface area contributed by atoms with Gasteiger partial charge in [-0.3, -0.25) is 0 Å². The minimum atomic E-state index is -0.160. The summed E-state index contributed by atoms with van der Waals surface area (Å²) in [6, 6.07) is 0. The van der Waals surface area contributed by atoms with Crippen LogP contribution in [0.1, 0.15) is 0 Å². The Morgan fingerprint density at radius 1 is 1.40 bits per heavy atom. The maximum atomic E-state index is 10.1. The molecule has 4 nitrogen and oxygen atoms in total. The molecule has 0 aromatic heterocycles. The van der Waals surface area contributed by atoms with Crippen LogP contribution in [0.4, 0.5) is 0 Å². The molecule has 0 atom stereocenters. The monoisotopic (exact) mass is 159 g/mol.